The number of fused-ring (bicyclic) bond motifs is 1. The Labute approximate surface area is 125 Å². The molecule has 0 fully saturated rings. The SMILES string of the molecule is Clc1cccc(Cl)c1/C=N/Nc1nc2ccccc2[nH]1. The molecule has 0 saturated heterocycles. The highest BCUT2D eigenvalue weighted by atomic mass is 35.5. The molecule has 0 unspecified atom stereocenters. The van der Waals surface area contributed by atoms with E-state index in [1.807, 2.05) is 24.3 Å². The molecule has 0 aliphatic rings. The number of para-hydroxylation sites is 2. The first-order chi connectivity index (χ1) is 9.74. The average Bonchev–Trinajstić information content (AvgIpc) is 2.84. The Morgan fingerprint density at radius 2 is 1.80 bits per heavy atom. The molecule has 0 aliphatic heterocycles. The van der Waals surface area contributed by atoms with Crippen molar-refractivity contribution in [2.45, 2.75) is 0 Å². The number of imidazole rings is 1. The third kappa shape index (κ3) is 2.61. The standard InChI is InChI=1S/C14H10Cl2N4/c15-10-4-3-5-11(16)9(10)8-17-20-14-18-12-6-1-2-7-13(12)19-14/h1-8H,(H2,18,19,20)/b17-8+. The molecule has 0 aliphatic carbocycles. The Bertz CT molecular complexity index is 726. The van der Waals surface area contributed by atoms with Crippen molar-refractivity contribution in [3.63, 3.8) is 0 Å². The molecule has 1 aromatic heterocycles. The van der Waals surface area contributed by atoms with E-state index in [2.05, 4.69) is 20.5 Å². The van der Waals surface area contributed by atoms with Crippen LogP contribution >= 0.6 is 23.2 Å². The normalized spacial score (nSPS) is 11.3. The summed E-state index contributed by atoms with van der Waals surface area (Å²) in [6.07, 6.45) is 1.57. The van der Waals surface area contributed by atoms with Gasteiger partial charge in [-0.3, -0.25) is 0 Å². The maximum atomic E-state index is 6.05. The second-order valence-electron chi connectivity index (χ2n) is 4.11. The highest BCUT2D eigenvalue weighted by Gasteiger charge is 2.03. The van der Waals surface area contributed by atoms with E-state index in [4.69, 9.17) is 23.2 Å². The lowest BCUT2D eigenvalue weighted by molar-refractivity contribution is 1.21. The fraction of sp³-hybridized carbons (Fsp3) is 0. The number of anilines is 1. The van der Waals surface area contributed by atoms with Crippen LogP contribution in [0, 0.1) is 0 Å². The number of aromatic nitrogens is 2. The summed E-state index contributed by atoms with van der Waals surface area (Å²) in [5.41, 5.74) is 5.31. The summed E-state index contributed by atoms with van der Waals surface area (Å²) in [7, 11) is 0. The molecule has 6 heteroatoms. The maximum Gasteiger partial charge on any atom is 0.222 e. The van der Waals surface area contributed by atoms with Gasteiger partial charge in [0, 0.05) is 5.56 Å². The minimum atomic E-state index is 0.549. The van der Waals surface area contributed by atoms with Crippen molar-refractivity contribution < 1.29 is 0 Å². The maximum absolute atomic E-state index is 6.05. The molecule has 3 rings (SSSR count). The average molecular weight is 305 g/mol. The zero-order chi connectivity index (χ0) is 13.9. The van der Waals surface area contributed by atoms with Crippen molar-refractivity contribution in [2.75, 3.05) is 5.43 Å². The largest absolute Gasteiger partial charge is 0.323 e. The van der Waals surface area contributed by atoms with Crippen LogP contribution in [0.5, 0.6) is 0 Å². The van der Waals surface area contributed by atoms with E-state index in [1.54, 1.807) is 24.4 Å². The van der Waals surface area contributed by atoms with Crippen molar-refractivity contribution >= 4 is 46.4 Å². The third-order valence-corrected chi connectivity index (χ3v) is 3.41. The lowest BCUT2D eigenvalue weighted by Gasteiger charge is -2.00. The highest BCUT2D eigenvalue weighted by molar-refractivity contribution is 6.38. The number of H-pyrrole nitrogens is 1. The molecule has 0 radical (unpaired) electrons. The molecule has 2 aromatic carbocycles. The van der Waals surface area contributed by atoms with Crippen molar-refractivity contribution in [2.24, 2.45) is 5.10 Å². The fourth-order valence-electron chi connectivity index (χ4n) is 1.80. The van der Waals surface area contributed by atoms with Gasteiger partial charge in [-0.25, -0.2) is 10.4 Å². The third-order valence-electron chi connectivity index (χ3n) is 2.75. The van der Waals surface area contributed by atoms with Crippen molar-refractivity contribution in [1.82, 2.24) is 9.97 Å². The van der Waals surface area contributed by atoms with Gasteiger partial charge in [-0.2, -0.15) is 5.10 Å². The number of hydrazone groups is 1. The van der Waals surface area contributed by atoms with Crippen molar-refractivity contribution in [3.05, 3.63) is 58.1 Å². The zero-order valence-corrected chi connectivity index (χ0v) is 11.8. The van der Waals surface area contributed by atoms with Crippen LogP contribution < -0.4 is 5.43 Å². The summed E-state index contributed by atoms with van der Waals surface area (Å²) >= 11 is 12.1. The van der Waals surface area contributed by atoms with Crippen LogP contribution in [0.15, 0.2) is 47.6 Å². The van der Waals surface area contributed by atoms with Gasteiger partial charge in [0.2, 0.25) is 5.95 Å². The topological polar surface area (TPSA) is 53.1 Å². The fourth-order valence-corrected chi connectivity index (χ4v) is 2.29. The Morgan fingerprint density at radius 1 is 1.05 bits per heavy atom. The van der Waals surface area contributed by atoms with Crippen molar-refractivity contribution in [3.8, 4) is 0 Å². The molecule has 20 heavy (non-hydrogen) atoms. The summed E-state index contributed by atoms with van der Waals surface area (Å²) in [5.74, 6) is 0.561. The summed E-state index contributed by atoms with van der Waals surface area (Å²) < 4.78 is 0. The van der Waals surface area contributed by atoms with Gasteiger partial charge < -0.3 is 4.98 Å². The van der Waals surface area contributed by atoms with E-state index in [0.29, 0.717) is 21.6 Å². The van der Waals surface area contributed by atoms with Crippen LogP contribution in [0.3, 0.4) is 0 Å². The van der Waals surface area contributed by atoms with Gasteiger partial charge in [-0.05, 0) is 24.3 Å². The minimum Gasteiger partial charge on any atom is -0.323 e. The van der Waals surface area contributed by atoms with Crippen molar-refractivity contribution in [1.29, 1.82) is 0 Å². The first-order valence-electron chi connectivity index (χ1n) is 5.92. The molecular weight excluding hydrogens is 295 g/mol. The summed E-state index contributed by atoms with van der Waals surface area (Å²) in [6, 6.07) is 13.0. The molecule has 0 atom stereocenters. The van der Waals surface area contributed by atoms with Crippen LogP contribution in [0.4, 0.5) is 5.95 Å². The number of nitrogens with one attached hydrogen (secondary N) is 2. The number of aromatic amines is 1. The predicted octanol–water partition coefficient (Wildman–Crippen LogP) is 4.32. The smallest absolute Gasteiger partial charge is 0.222 e. The molecule has 0 amide bonds. The van der Waals surface area contributed by atoms with Crippen LogP contribution in [-0.2, 0) is 0 Å². The van der Waals surface area contributed by atoms with Crippen LogP contribution in [0.2, 0.25) is 10.0 Å². The van der Waals surface area contributed by atoms with E-state index < -0.39 is 0 Å². The number of hydrogen-bond donors (Lipinski definition) is 2. The molecule has 3 aromatic rings. The van der Waals surface area contributed by atoms with Gasteiger partial charge in [-0.1, -0.05) is 41.4 Å². The quantitative estimate of drug-likeness (QED) is 0.559. The van der Waals surface area contributed by atoms with E-state index in [0.717, 1.165) is 11.0 Å². The van der Waals surface area contributed by atoms with E-state index in [9.17, 15) is 0 Å². The molecule has 2 N–H and O–H groups in total. The molecule has 100 valence electrons. The van der Waals surface area contributed by atoms with Crippen LogP contribution in [0.25, 0.3) is 11.0 Å². The lowest BCUT2D eigenvalue weighted by atomic mass is 10.2. The van der Waals surface area contributed by atoms with E-state index in [-0.39, 0.29) is 0 Å². The number of hydrogen-bond acceptors (Lipinski definition) is 3. The number of halogens is 2. The first-order valence-corrected chi connectivity index (χ1v) is 6.67. The molecule has 0 saturated carbocycles. The lowest BCUT2D eigenvalue weighted by Crippen LogP contribution is -1.93. The molecule has 0 bridgehead atoms. The zero-order valence-electron chi connectivity index (χ0n) is 10.3. The number of rotatable bonds is 3. The first kappa shape index (κ1) is 13.0. The molecule has 1 heterocycles. The summed E-state index contributed by atoms with van der Waals surface area (Å²) in [6.45, 7) is 0. The van der Waals surface area contributed by atoms with Gasteiger partial charge in [-0.15, -0.1) is 0 Å². The second-order valence-corrected chi connectivity index (χ2v) is 4.92. The number of nitrogens with zero attached hydrogens (tertiary/aromatic N) is 2. The van der Waals surface area contributed by atoms with E-state index in [1.165, 1.54) is 0 Å². The Hall–Kier alpha value is -2.04. The van der Waals surface area contributed by atoms with Crippen LogP contribution in [-0.4, -0.2) is 16.2 Å². The van der Waals surface area contributed by atoms with Gasteiger partial charge in [0.05, 0.1) is 27.3 Å². The monoisotopic (exact) mass is 304 g/mol. The Balaban J connectivity index is 1.80. The molecular formula is C14H10Cl2N4. The number of benzene rings is 2. The van der Waals surface area contributed by atoms with Gasteiger partial charge >= 0.3 is 0 Å². The van der Waals surface area contributed by atoms with Gasteiger partial charge in [0.15, 0.2) is 0 Å². The summed E-state index contributed by atoms with van der Waals surface area (Å²) in [5, 5.41) is 5.19. The Kier molecular flexibility index (Phi) is 3.58. The van der Waals surface area contributed by atoms with E-state index >= 15 is 0 Å². The van der Waals surface area contributed by atoms with Gasteiger partial charge in [0.1, 0.15) is 0 Å². The highest BCUT2D eigenvalue weighted by Crippen LogP contribution is 2.22. The van der Waals surface area contributed by atoms with Crippen LogP contribution in [0.1, 0.15) is 5.56 Å². The molecule has 0 spiro atoms. The van der Waals surface area contributed by atoms with Gasteiger partial charge in [0.25, 0.3) is 0 Å². The summed E-state index contributed by atoms with van der Waals surface area (Å²) in [4.78, 5) is 7.45. The Morgan fingerprint density at radius 3 is 2.55 bits per heavy atom. The minimum absolute atomic E-state index is 0.549. The molecule has 4 nitrogen and oxygen atoms in total. The second kappa shape index (κ2) is 5.53. The predicted molar refractivity (Wildman–Crippen MR) is 83.8 cm³/mol.